The fraction of sp³-hybridized carbons (Fsp3) is 0.350. The van der Waals surface area contributed by atoms with E-state index in [2.05, 4.69) is 10.2 Å². The molecule has 128 valence electrons. The quantitative estimate of drug-likeness (QED) is 0.873. The fourth-order valence-corrected chi connectivity index (χ4v) is 2.62. The number of hydrogen-bond acceptors (Lipinski definition) is 2. The van der Waals surface area contributed by atoms with Gasteiger partial charge in [0.05, 0.1) is 6.04 Å². The number of halogens is 1. The molecule has 2 aromatic carbocycles. The van der Waals surface area contributed by atoms with E-state index in [9.17, 15) is 9.18 Å². The van der Waals surface area contributed by atoms with Crippen LogP contribution in [0.15, 0.2) is 42.5 Å². The average Bonchev–Trinajstić information content (AvgIpc) is 2.54. The molecule has 1 N–H and O–H groups in total. The van der Waals surface area contributed by atoms with Crippen LogP contribution in [0.1, 0.15) is 39.5 Å². The molecule has 0 radical (unpaired) electrons. The van der Waals surface area contributed by atoms with Gasteiger partial charge < -0.3 is 10.2 Å². The second-order valence-electron chi connectivity index (χ2n) is 6.49. The summed E-state index contributed by atoms with van der Waals surface area (Å²) in [6.07, 6.45) is 0.759. The zero-order valence-corrected chi connectivity index (χ0v) is 14.8. The van der Waals surface area contributed by atoms with E-state index < -0.39 is 0 Å². The summed E-state index contributed by atoms with van der Waals surface area (Å²) >= 11 is 0. The molecule has 1 atom stereocenters. The van der Waals surface area contributed by atoms with E-state index in [0.29, 0.717) is 5.56 Å². The van der Waals surface area contributed by atoms with Crippen molar-refractivity contribution in [3.05, 3.63) is 70.5 Å². The maximum absolute atomic E-state index is 13.2. The first kappa shape index (κ1) is 18.1. The highest BCUT2D eigenvalue weighted by Gasteiger charge is 2.17. The van der Waals surface area contributed by atoms with Crippen molar-refractivity contribution in [2.75, 3.05) is 20.6 Å². The maximum Gasteiger partial charge on any atom is 0.252 e. The van der Waals surface area contributed by atoms with Gasteiger partial charge in [-0.2, -0.15) is 0 Å². The lowest BCUT2D eigenvalue weighted by Gasteiger charge is -2.22. The average molecular weight is 328 g/mol. The van der Waals surface area contributed by atoms with E-state index in [0.717, 1.165) is 29.7 Å². The largest absolute Gasteiger partial charge is 0.345 e. The Morgan fingerprint density at radius 2 is 1.79 bits per heavy atom. The van der Waals surface area contributed by atoms with E-state index >= 15 is 0 Å². The van der Waals surface area contributed by atoms with Crippen LogP contribution in [0.5, 0.6) is 0 Å². The van der Waals surface area contributed by atoms with Crippen LogP contribution in [0, 0.1) is 19.7 Å². The smallest absolute Gasteiger partial charge is 0.252 e. The molecule has 0 spiro atoms. The second kappa shape index (κ2) is 8.06. The summed E-state index contributed by atoms with van der Waals surface area (Å²) in [4.78, 5) is 14.8. The molecule has 0 saturated carbocycles. The number of carbonyl (C=O) groups excluding carboxylic acids is 1. The van der Waals surface area contributed by atoms with Gasteiger partial charge in [-0.1, -0.05) is 29.8 Å². The highest BCUT2D eigenvalue weighted by Crippen LogP contribution is 2.19. The number of carbonyl (C=O) groups is 1. The van der Waals surface area contributed by atoms with Crippen molar-refractivity contribution in [2.45, 2.75) is 26.3 Å². The highest BCUT2D eigenvalue weighted by molar-refractivity contribution is 5.96. The SMILES string of the molecule is Cc1ccc(C)c(C(=O)NC(CCN(C)C)c2ccc(F)cc2)c1. The Morgan fingerprint density at radius 1 is 1.12 bits per heavy atom. The third kappa shape index (κ3) is 4.90. The first-order valence-corrected chi connectivity index (χ1v) is 8.15. The van der Waals surface area contributed by atoms with E-state index in [1.54, 1.807) is 12.1 Å². The minimum atomic E-state index is -0.272. The molecule has 0 aliphatic carbocycles. The fourth-order valence-electron chi connectivity index (χ4n) is 2.62. The topological polar surface area (TPSA) is 32.3 Å². The zero-order chi connectivity index (χ0) is 17.7. The predicted octanol–water partition coefficient (Wildman–Crippen LogP) is 3.87. The molecule has 0 heterocycles. The van der Waals surface area contributed by atoms with Crippen LogP contribution in [0.4, 0.5) is 4.39 Å². The van der Waals surface area contributed by atoms with Crippen LogP contribution in [0.3, 0.4) is 0 Å². The number of nitrogens with zero attached hydrogens (tertiary/aromatic N) is 1. The van der Waals surface area contributed by atoms with Crippen LogP contribution in [-0.2, 0) is 0 Å². The summed E-state index contributed by atoms with van der Waals surface area (Å²) < 4.78 is 13.2. The molecule has 2 aromatic rings. The van der Waals surface area contributed by atoms with Gasteiger partial charge in [-0.15, -0.1) is 0 Å². The Bertz CT molecular complexity index is 695. The van der Waals surface area contributed by atoms with Crippen molar-refractivity contribution >= 4 is 5.91 Å². The minimum Gasteiger partial charge on any atom is -0.345 e. The van der Waals surface area contributed by atoms with Crippen molar-refractivity contribution in [3.63, 3.8) is 0 Å². The van der Waals surface area contributed by atoms with Gasteiger partial charge in [0, 0.05) is 5.56 Å². The molecule has 0 aliphatic heterocycles. The van der Waals surface area contributed by atoms with Gasteiger partial charge in [0.1, 0.15) is 5.82 Å². The molecular weight excluding hydrogens is 303 g/mol. The van der Waals surface area contributed by atoms with E-state index in [1.165, 1.54) is 12.1 Å². The third-order valence-electron chi connectivity index (χ3n) is 4.08. The van der Waals surface area contributed by atoms with Crippen molar-refractivity contribution in [1.29, 1.82) is 0 Å². The van der Waals surface area contributed by atoms with Gasteiger partial charge in [0.25, 0.3) is 5.91 Å². The summed E-state index contributed by atoms with van der Waals surface area (Å²) in [6, 6.07) is 12.0. The molecule has 1 unspecified atom stereocenters. The van der Waals surface area contributed by atoms with Gasteiger partial charge in [-0.25, -0.2) is 4.39 Å². The van der Waals surface area contributed by atoms with Gasteiger partial charge in [-0.3, -0.25) is 4.79 Å². The molecular formula is C20H25FN2O. The summed E-state index contributed by atoms with van der Waals surface area (Å²) in [5, 5.41) is 3.10. The second-order valence-corrected chi connectivity index (χ2v) is 6.49. The number of amides is 1. The zero-order valence-electron chi connectivity index (χ0n) is 14.8. The van der Waals surface area contributed by atoms with Gasteiger partial charge in [0.2, 0.25) is 0 Å². The van der Waals surface area contributed by atoms with Crippen molar-refractivity contribution in [2.24, 2.45) is 0 Å². The Kier molecular flexibility index (Phi) is 6.10. The molecule has 0 saturated heterocycles. The predicted molar refractivity (Wildman–Crippen MR) is 95.7 cm³/mol. The first-order valence-electron chi connectivity index (χ1n) is 8.15. The van der Waals surface area contributed by atoms with Crippen LogP contribution in [0.2, 0.25) is 0 Å². The molecule has 2 rings (SSSR count). The molecule has 0 fully saturated rings. The van der Waals surface area contributed by atoms with Crippen LogP contribution in [0.25, 0.3) is 0 Å². The number of hydrogen-bond donors (Lipinski definition) is 1. The lowest BCUT2D eigenvalue weighted by atomic mass is 10.0. The summed E-state index contributed by atoms with van der Waals surface area (Å²) in [5.74, 6) is -0.366. The van der Waals surface area contributed by atoms with E-state index in [4.69, 9.17) is 0 Å². The number of benzene rings is 2. The summed E-state index contributed by atoms with van der Waals surface area (Å²) in [5.41, 5.74) is 3.60. The van der Waals surface area contributed by atoms with Crippen molar-refractivity contribution in [3.8, 4) is 0 Å². The molecule has 1 amide bonds. The van der Waals surface area contributed by atoms with E-state index in [1.807, 2.05) is 46.1 Å². The van der Waals surface area contributed by atoms with Crippen LogP contribution in [-0.4, -0.2) is 31.4 Å². The number of rotatable bonds is 6. The summed E-state index contributed by atoms with van der Waals surface area (Å²) in [6.45, 7) is 4.73. The Hall–Kier alpha value is -2.20. The van der Waals surface area contributed by atoms with E-state index in [-0.39, 0.29) is 17.8 Å². The van der Waals surface area contributed by atoms with Gasteiger partial charge in [0.15, 0.2) is 0 Å². The highest BCUT2D eigenvalue weighted by atomic mass is 19.1. The molecule has 3 nitrogen and oxygen atoms in total. The molecule has 24 heavy (non-hydrogen) atoms. The monoisotopic (exact) mass is 328 g/mol. The minimum absolute atomic E-state index is 0.0933. The maximum atomic E-state index is 13.2. The lowest BCUT2D eigenvalue weighted by Crippen LogP contribution is -2.31. The lowest BCUT2D eigenvalue weighted by molar-refractivity contribution is 0.0932. The number of nitrogens with one attached hydrogen (secondary N) is 1. The third-order valence-corrected chi connectivity index (χ3v) is 4.08. The molecule has 0 bridgehead atoms. The summed E-state index contributed by atoms with van der Waals surface area (Å²) in [7, 11) is 3.99. The van der Waals surface area contributed by atoms with Crippen molar-refractivity contribution < 1.29 is 9.18 Å². The van der Waals surface area contributed by atoms with Crippen molar-refractivity contribution in [1.82, 2.24) is 10.2 Å². The van der Waals surface area contributed by atoms with Gasteiger partial charge >= 0.3 is 0 Å². The molecule has 4 heteroatoms. The standard InChI is InChI=1S/C20H25FN2O/c1-14-5-6-15(2)18(13-14)20(24)22-19(11-12-23(3)4)16-7-9-17(21)10-8-16/h5-10,13,19H,11-12H2,1-4H3,(H,22,24). The Morgan fingerprint density at radius 3 is 2.42 bits per heavy atom. The molecule has 0 aliphatic rings. The Labute approximate surface area is 143 Å². The molecule has 0 aromatic heterocycles. The normalized spacial score (nSPS) is 12.2. The van der Waals surface area contributed by atoms with Crippen LogP contribution < -0.4 is 5.32 Å². The first-order chi connectivity index (χ1) is 11.4. The van der Waals surface area contributed by atoms with Gasteiger partial charge in [-0.05, 0) is 70.2 Å². The Balaban J connectivity index is 2.22. The van der Waals surface area contributed by atoms with Crippen LogP contribution >= 0.6 is 0 Å². The number of aryl methyl sites for hydroxylation is 2.